The molecule has 0 aliphatic heterocycles. The maximum Gasteiger partial charge on any atom is 0.0118 e. The van der Waals surface area contributed by atoms with E-state index in [4.69, 9.17) is 0 Å². The molecule has 0 aromatic carbocycles. The molecule has 0 amide bonds. The third-order valence-corrected chi connectivity index (χ3v) is 1.13. The highest BCUT2D eigenvalue weighted by molar-refractivity contribution is 9.08. The molecule has 0 atom stereocenters. The second-order valence-corrected chi connectivity index (χ2v) is 1.72. The summed E-state index contributed by atoms with van der Waals surface area (Å²) in [7, 11) is 0. The van der Waals surface area contributed by atoms with Gasteiger partial charge in [0, 0.05) is 22.2 Å². The minimum atomic E-state index is 0.551. The van der Waals surface area contributed by atoms with Crippen molar-refractivity contribution in [2.45, 2.75) is 19.9 Å². The van der Waals surface area contributed by atoms with Crippen LogP contribution in [0, 0.1) is 0 Å². The maximum absolute atomic E-state index is 3.06. The summed E-state index contributed by atoms with van der Waals surface area (Å²) in [5.41, 5.74) is 0. The molecule has 0 bridgehead atoms. The van der Waals surface area contributed by atoms with Gasteiger partial charge in [-0.15, -0.1) is 0 Å². The van der Waals surface area contributed by atoms with Crippen LogP contribution in [0.4, 0.5) is 0 Å². The monoisotopic (exact) mass is 137 g/mol. The van der Waals surface area contributed by atoms with Gasteiger partial charge in [0.1, 0.15) is 0 Å². The fourth-order valence-corrected chi connectivity index (χ4v) is 0. The predicted octanol–water partition coefficient (Wildman–Crippen LogP) is 1.29. The van der Waals surface area contributed by atoms with Crippen LogP contribution in [-0.2, 0) is 0 Å². The van der Waals surface area contributed by atoms with Crippen molar-refractivity contribution in [3.05, 3.63) is 0 Å². The van der Waals surface area contributed by atoms with Crippen molar-refractivity contribution in [2.24, 2.45) is 0 Å². The lowest BCUT2D eigenvalue weighted by molar-refractivity contribution is 0.782. The Hall–Kier alpha value is 0.440. The van der Waals surface area contributed by atoms with Gasteiger partial charge in [0.15, 0.2) is 0 Å². The van der Waals surface area contributed by atoms with E-state index in [1.165, 1.54) is 0 Å². The molecule has 5 heavy (non-hydrogen) atoms. The van der Waals surface area contributed by atoms with E-state index < -0.39 is 0 Å². The van der Waals surface area contributed by atoms with Crippen LogP contribution in [0.2, 0.25) is 0 Å². The molecule has 0 radical (unpaired) electrons. The molecule has 0 aromatic rings. The highest BCUT2D eigenvalue weighted by atomic mass is 79.9. The van der Waals surface area contributed by atoms with Gasteiger partial charge in [0.25, 0.3) is 0 Å². The van der Waals surface area contributed by atoms with E-state index in [1.54, 1.807) is 0 Å². The van der Waals surface area contributed by atoms with Gasteiger partial charge in [-0.2, -0.15) is 0 Å². The SMILES string of the molecule is CC(C)NBr. The summed E-state index contributed by atoms with van der Waals surface area (Å²) in [5.74, 6) is 0. The second-order valence-electron chi connectivity index (χ2n) is 1.26. The van der Waals surface area contributed by atoms with Crippen LogP contribution in [-0.4, -0.2) is 6.04 Å². The Morgan fingerprint density at radius 3 is 1.80 bits per heavy atom. The minimum Gasteiger partial charge on any atom is -0.253 e. The minimum absolute atomic E-state index is 0.551. The summed E-state index contributed by atoms with van der Waals surface area (Å²) < 4.78 is 2.84. The molecule has 1 nitrogen and oxygen atoms in total. The van der Waals surface area contributed by atoms with Crippen LogP contribution < -0.4 is 4.34 Å². The quantitative estimate of drug-likeness (QED) is 0.538. The number of hydrogen-bond acceptors (Lipinski definition) is 1. The van der Waals surface area contributed by atoms with E-state index in [0.29, 0.717) is 6.04 Å². The van der Waals surface area contributed by atoms with Crippen LogP contribution in [0.15, 0.2) is 0 Å². The summed E-state index contributed by atoms with van der Waals surface area (Å²) in [4.78, 5) is 0. The zero-order chi connectivity index (χ0) is 4.28. The van der Waals surface area contributed by atoms with Crippen molar-refractivity contribution in [1.29, 1.82) is 0 Å². The van der Waals surface area contributed by atoms with Gasteiger partial charge in [0.2, 0.25) is 0 Å². The summed E-state index contributed by atoms with van der Waals surface area (Å²) in [6.07, 6.45) is 0. The normalized spacial score (nSPS) is 9.60. The van der Waals surface area contributed by atoms with Gasteiger partial charge in [-0.1, -0.05) is 0 Å². The number of rotatable bonds is 1. The highest BCUT2D eigenvalue weighted by Gasteiger charge is 1.78. The van der Waals surface area contributed by atoms with E-state index in [2.05, 4.69) is 34.3 Å². The van der Waals surface area contributed by atoms with Crippen molar-refractivity contribution in [3.8, 4) is 0 Å². The lowest BCUT2D eigenvalue weighted by atomic mass is 10.4. The first kappa shape index (κ1) is 5.44. The highest BCUT2D eigenvalue weighted by Crippen LogP contribution is 1.76. The predicted molar refractivity (Wildman–Crippen MR) is 27.2 cm³/mol. The lowest BCUT2D eigenvalue weighted by Gasteiger charge is -1.92. The molecule has 0 saturated heterocycles. The molecule has 0 fully saturated rings. The van der Waals surface area contributed by atoms with Gasteiger partial charge in [-0.3, -0.25) is 4.34 Å². The molecule has 0 heterocycles. The average Bonchev–Trinajstić information content (AvgIpc) is 1.38. The van der Waals surface area contributed by atoms with Gasteiger partial charge >= 0.3 is 0 Å². The van der Waals surface area contributed by atoms with E-state index >= 15 is 0 Å². The molecule has 0 saturated carbocycles. The van der Waals surface area contributed by atoms with Crippen molar-refractivity contribution < 1.29 is 0 Å². The zero-order valence-corrected chi connectivity index (χ0v) is 5.04. The van der Waals surface area contributed by atoms with E-state index in [9.17, 15) is 0 Å². The smallest absolute Gasteiger partial charge is 0.0118 e. The summed E-state index contributed by atoms with van der Waals surface area (Å²) in [6.45, 7) is 4.13. The first-order chi connectivity index (χ1) is 2.27. The molecule has 1 N–H and O–H groups in total. The molecule has 2 heteroatoms. The topological polar surface area (TPSA) is 12.0 Å². The largest absolute Gasteiger partial charge is 0.253 e. The van der Waals surface area contributed by atoms with Crippen molar-refractivity contribution in [2.75, 3.05) is 0 Å². The van der Waals surface area contributed by atoms with Crippen LogP contribution >= 0.6 is 16.1 Å². The van der Waals surface area contributed by atoms with Crippen molar-refractivity contribution in [1.82, 2.24) is 4.34 Å². The van der Waals surface area contributed by atoms with E-state index in [0.717, 1.165) is 0 Å². The average molecular weight is 138 g/mol. The fraction of sp³-hybridized carbons (Fsp3) is 1.00. The van der Waals surface area contributed by atoms with Crippen LogP contribution in [0.3, 0.4) is 0 Å². The fourth-order valence-electron chi connectivity index (χ4n) is 0. The van der Waals surface area contributed by atoms with Crippen molar-refractivity contribution >= 4 is 16.1 Å². The Balaban J connectivity index is 2.54. The van der Waals surface area contributed by atoms with Crippen LogP contribution in [0.5, 0.6) is 0 Å². The maximum atomic E-state index is 3.06. The van der Waals surface area contributed by atoms with Gasteiger partial charge in [0.05, 0.1) is 0 Å². The zero-order valence-electron chi connectivity index (χ0n) is 3.46. The van der Waals surface area contributed by atoms with Crippen LogP contribution in [0.25, 0.3) is 0 Å². The summed E-state index contributed by atoms with van der Waals surface area (Å²) >= 11 is 3.06. The van der Waals surface area contributed by atoms with Gasteiger partial charge in [-0.05, 0) is 13.8 Å². The molecular formula is C3H8BrN. The Labute approximate surface area is 41.1 Å². The molecule has 0 aliphatic carbocycles. The number of nitrogens with one attached hydrogen (secondary N) is 1. The standard InChI is InChI=1S/C3H8BrN/c1-3(2)5-4/h3,5H,1-2H3. The first-order valence-electron chi connectivity index (χ1n) is 1.63. The van der Waals surface area contributed by atoms with Gasteiger partial charge < -0.3 is 0 Å². The Kier molecular flexibility index (Phi) is 2.90. The summed E-state index contributed by atoms with van der Waals surface area (Å²) in [5, 5.41) is 0. The molecular weight excluding hydrogens is 130 g/mol. The molecule has 0 aliphatic rings. The summed E-state index contributed by atoms with van der Waals surface area (Å²) in [6, 6.07) is 0.551. The Bertz CT molecular complexity index is 20.9. The second kappa shape index (κ2) is 2.67. The molecule has 0 unspecified atom stereocenters. The third kappa shape index (κ3) is 4.44. The molecule has 0 aromatic heterocycles. The van der Waals surface area contributed by atoms with Crippen molar-refractivity contribution in [3.63, 3.8) is 0 Å². The Morgan fingerprint density at radius 1 is 1.60 bits per heavy atom. The lowest BCUT2D eigenvalue weighted by Crippen LogP contribution is -2.08. The molecule has 0 rings (SSSR count). The number of hydrogen-bond donors (Lipinski definition) is 1. The first-order valence-corrected chi connectivity index (χ1v) is 2.43. The molecule has 32 valence electrons. The number of halogens is 1. The van der Waals surface area contributed by atoms with Gasteiger partial charge in [-0.25, -0.2) is 0 Å². The third-order valence-electron chi connectivity index (χ3n) is 0.218. The van der Waals surface area contributed by atoms with Crippen LogP contribution in [0.1, 0.15) is 13.8 Å². The Morgan fingerprint density at radius 2 is 1.80 bits per heavy atom. The van der Waals surface area contributed by atoms with E-state index in [1.807, 2.05) is 0 Å². The van der Waals surface area contributed by atoms with E-state index in [-0.39, 0.29) is 0 Å². The molecule has 0 spiro atoms.